The highest BCUT2D eigenvalue weighted by Gasteiger charge is 2.30. The van der Waals surface area contributed by atoms with Crippen molar-refractivity contribution in [2.24, 2.45) is 11.7 Å². The Labute approximate surface area is 105 Å². The summed E-state index contributed by atoms with van der Waals surface area (Å²) in [6.45, 7) is 7.21. The molecule has 17 heavy (non-hydrogen) atoms. The molecule has 4 nitrogen and oxygen atoms in total. The van der Waals surface area contributed by atoms with Crippen molar-refractivity contribution in [3.05, 3.63) is 0 Å². The summed E-state index contributed by atoms with van der Waals surface area (Å²) >= 11 is 0. The molecular weight excluding hydrogens is 214 g/mol. The summed E-state index contributed by atoms with van der Waals surface area (Å²) in [5.41, 5.74) is 5.63. The molecule has 0 aromatic rings. The van der Waals surface area contributed by atoms with Crippen LogP contribution in [0.1, 0.15) is 32.6 Å². The van der Waals surface area contributed by atoms with Crippen LogP contribution in [0.25, 0.3) is 0 Å². The molecule has 3 N–H and O–H groups in total. The van der Waals surface area contributed by atoms with Gasteiger partial charge in [0, 0.05) is 19.3 Å². The van der Waals surface area contributed by atoms with Crippen molar-refractivity contribution in [2.75, 3.05) is 32.9 Å². The van der Waals surface area contributed by atoms with Crippen molar-refractivity contribution < 1.29 is 4.74 Å². The minimum Gasteiger partial charge on any atom is -0.378 e. The molecule has 1 heterocycles. The molecule has 2 fully saturated rings. The van der Waals surface area contributed by atoms with Gasteiger partial charge in [-0.15, -0.1) is 0 Å². The Morgan fingerprint density at radius 3 is 2.59 bits per heavy atom. The fourth-order valence-corrected chi connectivity index (χ4v) is 2.76. The molecule has 1 aliphatic carbocycles. The lowest BCUT2D eigenvalue weighted by Gasteiger charge is -2.37. The van der Waals surface area contributed by atoms with Crippen LogP contribution < -0.4 is 11.1 Å². The molecule has 0 aromatic carbocycles. The van der Waals surface area contributed by atoms with E-state index in [9.17, 15) is 0 Å². The average Bonchev–Trinajstić information content (AvgIpc) is 2.32. The van der Waals surface area contributed by atoms with Crippen LogP contribution in [0.2, 0.25) is 0 Å². The van der Waals surface area contributed by atoms with Crippen LogP contribution in [0.3, 0.4) is 0 Å². The van der Waals surface area contributed by atoms with Gasteiger partial charge in [0.1, 0.15) is 0 Å². The predicted octanol–water partition coefficient (Wildman–Crippen LogP) is 0.772. The average molecular weight is 241 g/mol. The largest absolute Gasteiger partial charge is 0.378 e. The topological polar surface area (TPSA) is 50.5 Å². The highest BCUT2D eigenvalue weighted by Crippen LogP contribution is 2.25. The Morgan fingerprint density at radius 1 is 1.29 bits per heavy atom. The first-order chi connectivity index (χ1) is 8.31. The molecule has 2 aliphatic rings. The van der Waals surface area contributed by atoms with E-state index in [0.717, 1.165) is 32.2 Å². The Balaban J connectivity index is 1.52. The first-order valence-electron chi connectivity index (χ1n) is 7.09. The molecule has 0 aromatic heterocycles. The van der Waals surface area contributed by atoms with Crippen molar-refractivity contribution >= 4 is 0 Å². The number of hydrogen-bond donors (Lipinski definition) is 2. The Bertz CT molecular complexity index is 211. The molecule has 1 saturated carbocycles. The van der Waals surface area contributed by atoms with Crippen LogP contribution in [0, 0.1) is 5.92 Å². The zero-order valence-corrected chi connectivity index (χ0v) is 11.0. The minimum absolute atomic E-state index is 0.520. The van der Waals surface area contributed by atoms with Crippen molar-refractivity contribution in [1.82, 2.24) is 10.2 Å². The summed E-state index contributed by atoms with van der Waals surface area (Å²) in [5.74, 6) is 0.760. The molecule has 100 valence electrons. The number of rotatable bonds is 6. The lowest BCUT2D eigenvalue weighted by Crippen LogP contribution is -2.46. The quantitative estimate of drug-likeness (QED) is 0.721. The van der Waals surface area contributed by atoms with Crippen LogP contribution in [0.4, 0.5) is 0 Å². The number of hydrogen-bond acceptors (Lipinski definition) is 4. The Kier molecular flexibility index (Phi) is 5.22. The third-order valence-corrected chi connectivity index (χ3v) is 4.12. The van der Waals surface area contributed by atoms with Gasteiger partial charge < -0.3 is 15.8 Å². The van der Waals surface area contributed by atoms with Gasteiger partial charge >= 0.3 is 0 Å². The van der Waals surface area contributed by atoms with Gasteiger partial charge in [-0.3, -0.25) is 4.90 Å². The van der Waals surface area contributed by atoms with Crippen LogP contribution in [0.5, 0.6) is 0 Å². The van der Waals surface area contributed by atoms with E-state index in [1.165, 1.54) is 25.7 Å². The van der Waals surface area contributed by atoms with Crippen LogP contribution in [0.15, 0.2) is 0 Å². The van der Waals surface area contributed by atoms with Crippen molar-refractivity contribution in [3.8, 4) is 0 Å². The summed E-state index contributed by atoms with van der Waals surface area (Å²) in [7, 11) is 0. The summed E-state index contributed by atoms with van der Waals surface area (Å²) in [6.07, 6.45) is 5.43. The molecule has 0 radical (unpaired) electrons. The van der Waals surface area contributed by atoms with Gasteiger partial charge in [0.25, 0.3) is 0 Å². The molecule has 1 aliphatic heterocycles. The molecule has 1 saturated heterocycles. The predicted molar refractivity (Wildman–Crippen MR) is 69.8 cm³/mol. The maximum Gasteiger partial charge on any atom is 0.0605 e. The van der Waals surface area contributed by atoms with E-state index in [1.807, 2.05) is 0 Å². The molecule has 0 bridgehead atoms. The fourth-order valence-electron chi connectivity index (χ4n) is 2.76. The third kappa shape index (κ3) is 3.91. The molecule has 2 rings (SSSR count). The maximum atomic E-state index is 5.97. The van der Waals surface area contributed by atoms with Crippen LogP contribution >= 0.6 is 0 Å². The highest BCUT2D eigenvalue weighted by molar-refractivity contribution is 4.86. The molecule has 0 atom stereocenters. The first kappa shape index (κ1) is 13.3. The van der Waals surface area contributed by atoms with E-state index in [1.54, 1.807) is 0 Å². The molecule has 0 unspecified atom stereocenters. The standard InChI is InChI=1S/C13H27N3O/c1-2-15-12-7-13(8-12)17-9-11-3-5-16(10-14)6-4-11/h11-13,15H,2-10,14H2,1H3. The number of ether oxygens (including phenoxy) is 1. The van der Waals surface area contributed by atoms with Gasteiger partial charge in [0.15, 0.2) is 0 Å². The summed E-state index contributed by atoms with van der Waals surface area (Å²) in [6, 6.07) is 0.712. The SMILES string of the molecule is CCNC1CC(OCC2CCN(CN)CC2)C1. The lowest BCUT2D eigenvalue weighted by atomic mass is 9.89. The summed E-state index contributed by atoms with van der Waals surface area (Å²) in [4.78, 5) is 2.32. The van der Waals surface area contributed by atoms with Crippen LogP contribution in [-0.4, -0.2) is 50.0 Å². The first-order valence-corrected chi connectivity index (χ1v) is 7.09. The summed E-state index contributed by atoms with van der Waals surface area (Å²) < 4.78 is 5.97. The van der Waals surface area contributed by atoms with Gasteiger partial charge in [-0.05, 0) is 51.2 Å². The van der Waals surface area contributed by atoms with Gasteiger partial charge in [-0.1, -0.05) is 6.92 Å². The number of likely N-dealkylation sites (tertiary alicyclic amines) is 1. The van der Waals surface area contributed by atoms with E-state index in [2.05, 4.69) is 17.1 Å². The van der Waals surface area contributed by atoms with Gasteiger partial charge in [0.05, 0.1) is 6.10 Å². The third-order valence-electron chi connectivity index (χ3n) is 4.12. The lowest BCUT2D eigenvalue weighted by molar-refractivity contribution is -0.0399. The number of piperidine rings is 1. The van der Waals surface area contributed by atoms with E-state index in [0.29, 0.717) is 18.8 Å². The number of nitrogens with zero attached hydrogens (tertiary/aromatic N) is 1. The zero-order chi connectivity index (χ0) is 12.1. The van der Waals surface area contributed by atoms with E-state index in [4.69, 9.17) is 10.5 Å². The second-order valence-electron chi connectivity index (χ2n) is 5.43. The van der Waals surface area contributed by atoms with E-state index in [-0.39, 0.29) is 0 Å². The smallest absolute Gasteiger partial charge is 0.0605 e. The molecule has 4 heteroatoms. The monoisotopic (exact) mass is 241 g/mol. The van der Waals surface area contributed by atoms with Crippen molar-refractivity contribution in [3.63, 3.8) is 0 Å². The normalized spacial score (nSPS) is 31.4. The van der Waals surface area contributed by atoms with Crippen LogP contribution in [-0.2, 0) is 4.74 Å². The van der Waals surface area contributed by atoms with E-state index < -0.39 is 0 Å². The molecule has 0 spiro atoms. The van der Waals surface area contributed by atoms with Gasteiger partial charge in [-0.2, -0.15) is 0 Å². The second kappa shape index (κ2) is 6.69. The highest BCUT2D eigenvalue weighted by atomic mass is 16.5. The molecule has 0 amide bonds. The molecular formula is C13H27N3O. The van der Waals surface area contributed by atoms with Crippen molar-refractivity contribution in [2.45, 2.75) is 44.8 Å². The summed E-state index contributed by atoms with van der Waals surface area (Å²) in [5, 5.41) is 3.46. The number of nitrogens with two attached hydrogens (primary N) is 1. The van der Waals surface area contributed by atoms with Gasteiger partial charge in [-0.25, -0.2) is 0 Å². The zero-order valence-electron chi connectivity index (χ0n) is 11.0. The minimum atomic E-state index is 0.520. The van der Waals surface area contributed by atoms with E-state index >= 15 is 0 Å². The Hall–Kier alpha value is -0.160. The Morgan fingerprint density at radius 2 is 2.00 bits per heavy atom. The van der Waals surface area contributed by atoms with Gasteiger partial charge in [0.2, 0.25) is 0 Å². The maximum absolute atomic E-state index is 5.97. The van der Waals surface area contributed by atoms with Crippen molar-refractivity contribution in [1.29, 1.82) is 0 Å². The fraction of sp³-hybridized carbons (Fsp3) is 1.00. The number of nitrogens with one attached hydrogen (secondary N) is 1. The second-order valence-corrected chi connectivity index (χ2v) is 5.43.